The lowest BCUT2D eigenvalue weighted by Gasteiger charge is -2.31. The van der Waals surface area contributed by atoms with Gasteiger partial charge in [-0.15, -0.1) is 4.40 Å². The number of halogens is 3. The van der Waals surface area contributed by atoms with Crippen LogP contribution in [0.1, 0.15) is 46.8 Å². The summed E-state index contributed by atoms with van der Waals surface area (Å²) in [6, 6.07) is 15.7. The zero-order chi connectivity index (χ0) is 26.1. The van der Waals surface area contributed by atoms with Gasteiger partial charge in [-0.1, -0.05) is 37.1 Å². The number of anilines is 2. The molecule has 0 fully saturated rings. The molecule has 3 aromatic carbocycles. The molecule has 0 atom stereocenters. The Balaban J connectivity index is 1.67. The minimum Gasteiger partial charge on any atom is -0.324 e. The minimum absolute atomic E-state index is 0.00732. The Labute approximate surface area is 207 Å². The van der Waals surface area contributed by atoms with E-state index in [1.54, 1.807) is 12.1 Å². The first-order valence-corrected chi connectivity index (χ1v) is 12.8. The number of carbonyl (C=O) groups is 1. The van der Waals surface area contributed by atoms with Gasteiger partial charge in [0.2, 0.25) is 0 Å². The van der Waals surface area contributed by atoms with Crippen LogP contribution in [-0.2, 0) is 16.2 Å². The van der Waals surface area contributed by atoms with E-state index in [1.165, 1.54) is 6.07 Å². The summed E-state index contributed by atoms with van der Waals surface area (Å²) in [6.07, 6.45) is -2.82. The second kappa shape index (κ2) is 9.77. The van der Waals surface area contributed by atoms with Gasteiger partial charge < -0.3 is 10.2 Å². The van der Waals surface area contributed by atoms with Crippen LogP contribution < -0.4 is 10.2 Å². The number of rotatable bonds is 6. The number of fused-ring (bicyclic) bond motifs is 1. The van der Waals surface area contributed by atoms with Crippen molar-refractivity contribution >= 4 is 33.1 Å². The summed E-state index contributed by atoms with van der Waals surface area (Å²) in [5, 5.41) is 2.56. The van der Waals surface area contributed by atoms with Crippen LogP contribution in [0.3, 0.4) is 0 Å². The maximum Gasteiger partial charge on any atom is 0.416 e. The second-order valence-corrected chi connectivity index (χ2v) is 10.0. The summed E-state index contributed by atoms with van der Waals surface area (Å²) in [5.74, 6) is -0.329. The number of aryl methyl sites for hydroxylation is 1. The molecule has 0 saturated heterocycles. The molecule has 188 valence electrons. The highest BCUT2D eigenvalue weighted by Gasteiger charge is 2.32. The van der Waals surface area contributed by atoms with Crippen molar-refractivity contribution in [1.29, 1.82) is 0 Å². The standard InChI is InChI=1S/C26H24F3N3O3S/c1-3-4-14-32-22-13-12-21(30-25(33)18-8-10-20(11-9-18)26(27,28)29)16-23(22)36(34,35)31-24(32)19-7-5-6-17(2)15-19/h5-13,15-16H,3-4,14H2,1-2H3,(H,30,33). The Morgan fingerprint density at radius 1 is 1.03 bits per heavy atom. The summed E-state index contributed by atoms with van der Waals surface area (Å²) < 4.78 is 68.8. The number of nitrogens with one attached hydrogen (secondary N) is 1. The molecule has 36 heavy (non-hydrogen) atoms. The Morgan fingerprint density at radius 2 is 1.75 bits per heavy atom. The van der Waals surface area contributed by atoms with Crippen molar-refractivity contribution in [1.82, 2.24) is 0 Å². The fraction of sp³-hybridized carbons (Fsp3) is 0.231. The number of unbranched alkanes of at least 4 members (excludes halogenated alkanes) is 1. The Bertz CT molecular complexity index is 1430. The number of carbonyl (C=O) groups excluding carboxylic acids is 1. The fourth-order valence-corrected chi connectivity index (χ4v) is 5.15. The first-order chi connectivity index (χ1) is 17.0. The van der Waals surface area contributed by atoms with Gasteiger partial charge in [-0.2, -0.15) is 21.6 Å². The van der Waals surface area contributed by atoms with E-state index in [9.17, 15) is 26.4 Å². The van der Waals surface area contributed by atoms with Gasteiger partial charge in [-0.05, 0) is 61.9 Å². The van der Waals surface area contributed by atoms with Crippen molar-refractivity contribution in [3.8, 4) is 0 Å². The highest BCUT2D eigenvalue weighted by atomic mass is 32.2. The molecule has 0 spiro atoms. The molecule has 3 aromatic rings. The highest BCUT2D eigenvalue weighted by molar-refractivity contribution is 7.90. The lowest BCUT2D eigenvalue weighted by Crippen LogP contribution is -2.37. The molecule has 1 heterocycles. The van der Waals surface area contributed by atoms with Crippen LogP contribution in [0.2, 0.25) is 0 Å². The quantitative estimate of drug-likeness (QED) is 0.435. The normalized spacial score (nSPS) is 14.7. The smallest absolute Gasteiger partial charge is 0.324 e. The third kappa shape index (κ3) is 5.28. The lowest BCUT2D eigenvalue weighted by molar-refractivity contribution is -0.137. The van der Waals surface area contributed by atoms with Gasteiger partial charge in [0.15, 0.2) is 5.84 Å². The minimum atomic E-state index is -4.51. The van der Waals surface area contributed by atoms with Crippen LogP contribution in [0, 0.1) is 6.92 Å². The summed E-state index contributed by atoms with van der Waals surface area (Å²) in [7, 11) is -4.09. The number of hydrogen-bond acceptors (Lipinski definition) is 4. The second-order valence-electron chi connectivity index (χ2n) is 8.48. The zero-order valence-corrected chi connectivity index (χ0v) is 20.4. The number of amides is 1. The molecule has 1 aliphatic heterocycles. The summed E-state index contributed by atoms with van der Waals surface area (Å²) >= 11 is 0. The monoisotopic (exact) mass is 515 g/mol. The number of hydrogen-bond donors (Lipinski definition) is 1. The number of alkyl halides is 3. The van der Waals surface area contributed by atoms with Crippen molar-refractivity contribution in [2.24, 2.45) is 4.40 Å². The Morgan fingerprint density at radius 3 is 2.39 bits per heavy atom. The number of benzene rings is 3. The lowest BCUT2D eigenvalue weighted by atomic mass is 10.1. The number of nitrogens with zero attached hydrogens (tertiary/aromatic N) is 2. The average molecular weight is 516 g/mol. The van der Waals surface area contributed by atoms with Crippen LogP contribution in [0.25, 0.3) is 0 Å². The predicted molar refractivity (Wildman–Crippen MR) is 133 cm³/mol. The molecule has 0 radical (unpaired) electrons. The topological polar surface area (TPSA) is 78.8 Å². The number of sulfonamides is 1. The molecule has 1 N–H and O–H groups in total. The maximum atomic E-state index is 13.2. The SMILES string of the molecule is CCCCN1C(c2cccc(C)c2)=NS(=O)(=O)c2cc(NC(=O)c3ccc(C(F)(F)F)cc3)ccc21. The van der Waals surface area contributed by atoms with E-state index < -0.39 is 27.7 Å². The summed E-state index contributed by atoms with van der Waals surface area (Å²) in [4.78, 5) is 14.4. The predicted octanol–water partition coefficient (Wildman–Crippen LogP) is 6.02. The zero-order valence-electron chi connectivity index (χ0n) is 19.6. The summed E-state index contributed by atoms with van der Waals surface area (Å²) in [6.45, 7) is 4.49. The molecular formula is C26H24F3N3O3S. The van der Waals surface area contributed by atoms with E-state index in [4.69, 9.17) is 0 Å². The van der Waals surface area contributed by atoms with Crippen molar-refractivity contribution in [2.75, 3.05) is 16.8 Å². The molecule has 0 saturated carbocycles. The largest absolute Gasteiger partial charge is 0.416 e. The molecule has 10 heteroatoms. The Kier molecular flexibility index (Phi) is 6.90. The fourth-order valence-electron chi connectivity index (χ4n) is 3.90. The van der Waals surface area contributed by atoms with E-state index in [0.29, 0.717) is 23.6 Å². The van der Waals surface area contributed by atoms with Gasteiger partial charge in [0.25, 0.3) is 15.9 Å². The van der Waals surface area contributed by atoms with Gasteiger partial charge in [0.05, 0.1) is 11.3 Å². The van der Waals surface area contributed by atoms with Crippen LogP contribution in [0.5, 0.6) is 0 Å². The van der Waals surface area contributed by atoms with Gasteiger partial charge >= 0.3 is 6.18 Å². The molecular weight excluding hydrogens is 491 g/mol. The molecule has 1 amide bonds. The van der Waals surface area contributed by atoms with Crippen molar-refractivity contribution < 1.29 is 26.4 Å². The highest BCUT2D eigenvalue weighted by Crippen LogP contribution is 2.36. The molecule has 0 bridgehead atoms. The summed E-state index contributed by atoms with van der Waals surface area (Å²) in [5.41, 5.74) is 1.42. The third-order valence-corrected chi connectivity index (χ3v) is 7.03. The van der Waals surface area contributed by atoms with Crippen LogP contribution in [0.4, 0.5) is 24.5 Å². The molecule has 0 unspecified atom stereocenters. The van der Waals surface area contributed by atoms with Crippen molar-refractivity contribution in [3.05, 3.63) is 89.0 Å². The molecule has 0 aliphatic carbocycles. The van der Waals surface area contributed by atoms with Crippen molar-refractivity contribution in [3.63, 3.8) is 0 Å². The first kappa shape index (κ1) is 25.4. The molecule has 4 rings (SSSR count). The van der Waals surface area contributed by atoms with E-state index in [0.717, 1.165) is 42.7 Å². The van der Waals surface area contributed by atoms with E-state index in [1.807, 2.05) is 43.0 Å². The van der Waals surface area contributed by atoms with Gasteiger partial charge in [-0.3, -0.25) is 4.79 Å². The van der Waals surface area contributed by atoms with Crippen LogP contribution in [0.15, 0.2) is 76.0 Å². The van der Waals surface area contributed by atoms with E-state index in [2.05, 4.69) is 9.71 Å². The van der Waals surface area contributed by atoms with Gasteiger partial charge in [0.1, 0.15) is 4.90 Å². The van der Waals surface area contributed by atoms with Crippen molar-refractivity contribution in [2.45, 2.75) is 37.8 Å². The Hall–Kier alpha value is -3.66. The molecule has 0 aromatic heterocycles. The molecule has 6 nitrogen and oxygen atoms in total. The van der Waals surface area contributed by atoms with E-state index in [-0.39, 0.29) is 16.1 Å². The third-order valence-electron chi connectivity index (χ3n) is 5.73. The van der Waals surface area contributed by atoms with Crippen LogP contribution >= 0.6 is 0 Å². The maximum absolute atomic E-state index is 13.2. The van der Waals surface area contributed by atoms with Crippen LogP contribution in [-0.4, -0.2) is 26.7 Å². The molecule has 1 aliphatic rings. The first-order valence-electron chi connectivity index (χ1n) is 11.3. The average Bonchev–Trinajstić information content (AvgIpc) is 2.83. The van der Waals surface area contributed by atoms with Gasteiger partial charge in [-0.25, -0.2) is 0 Å². The number of amidine groups is 1. The van der Waals surface area contributed by atoms with Gasteiger partial charge in [0, 0.05) is 23.4 Å². The van der Waals surface area contributed by atoms with E-state index >= 15 is 0 Å².